The molecule has 236 valence electrons. The van der Waals surface area contributed by atoms with E-state index in [0.717, 1.165) is 0 Å². The number of ether oxygens (including phenoxy) is 2. The summed E-state index contributed by atoms with van der Waals surface area (Å²) in [6, 6.07) is 11.4. The summed E-state index contributed by atoms with van der Waals surface area (Å²) in [5, 5.41) is 7.89. The number of carbonyl (C=O) groups excluding carboxylic acids is 4. The largest absolute Gasteiger partial charge is 0.453 e. The van der Waals surface area contributed by atoms with Crippen LogP contribution >= 0.6 is 11.6 Å². The second kappa shape index (κ2) is 13.1. The fourth-order valence-corrected chi connectivity index (χ4v) is 5.97. The Morgan fingerprint density at radius 2 is 1.96 bits per heavy atom. The van der Waals surface area contributed by atoms with Gasteiger partial charge in [0, 0.05) is 30.4 Å². The molecule has 0 radical (unpaired) electrons. The van der Waals surface area contributed by atoms with E-state index in [0.29, 0.717) is 47.5 Å². The van der Waals surface area contributed by atoms with Crippen LogP contribution in [0.1, 0.15) is 56.6 Å². The molecule has 2 bridgehead atoms. The third-order valence-corrected chi connectivity index (χ3v) is 8.29. The number of benzene rings is 2. The maximum atomic E-state index is 15.3. The lowest BCUT2D eigenvalue weighted by molar-refractivity contribution is -0.136. The summed E-state index contributed by atoms with van der Waals surface area (Å²) in [7, 11) is 1.25. The molecule has 3 heterocycles. The third-order valence-electron chi connectivity index (χ3n) is 8.00. The van der Waals surface area contributed by atoms with Crippen LogP contribution in [0.15, 0.2) is 48.7 Å². The maximum Gasteiger partial charge on any atom is 0.412 e. The molecule has 0 unspecified atom stereocenters. The number of amides is 4. The van der Waals surface area contributed by atoms with Crippen molar-refractivity contribution < 1.29 is 33.0 Å². The van der Waals surface area contributed by atoms with Crippen molar-refractivity contribution in [2.24, 2.45) is 0 Å². The second-order valence-corrected chi connectivity index (χ2v) is 11.5. The summed E-state index contributed by atoms with van der Waals surface area (Å²) in [4.78, 5) is 57.5. The Labute approximate surface area is 264 Å². The molecule has 2 atom stereocenters. The van der Waals surface area contributed by atoms with Crippen molar-refractivity contribution in [2.45, 2.75) is 51.0 Å². The lowest BCUT2D eigenvalue weighted by Crippen LogP contribution is -2.49. The van der Waals surface area contributed by atoms with E-state index in [9.17, 15) is 19.2 Å². The molecule has 0 fully saturated rings. The maximum absolute atomic E-state index is 15.3. The summed E-state index contributed by atoms with van der Waals surface area (Å²) >= 11 is 6.09. The number of carbonyl (C=O) groups is 4. The van der Waals surface area contributed by atoms with Gasteiger partial charge in [-0.25, -0.2) is 14.0 Å². The van der Waals surface area contributed by atoms with Gasteiger partial charge in [-0.15, -0.1) is 0 Å². The highest BCUT2D eigenvalue weighted by Crippen LogP contribution is 2.41. The molecule has 2 aromatic carbocycles. The predicted octanol–water partition coefficient (Wildman–Crippen LogP) is 6.64. The Balaban J connectivity index is 1.50. The number of cyclic esters (lactones) is 1. The van der Waals surface area contributed by atoms with Gasteiger partial charge in [0.25, 0.3) is 0 Å². The zero-order valence-corrected chi connectivity index (χ0v) is 25.8. The minimum Gasteiger partial charge on any atom is -0.453 e. The number of pyridine rings is 1. The van der Waals surface area contributed by atoms with Crippen molar-refractivity contribution in [2.75, 3.05) is 36.1 Å². The van der Waals surface area contributed by atoms with E-state index in [1.165, 1.54) is 19.2 Å². The van der Waals surface area contributed by atoms with Crippen molar-refractivity contribution in [1.82, 2.24) is 9.88 Å². The summed E-state index contributed by atoms with van der Waals surface area (Å²) in [5.74, 6) is -1.82. The van der Waals surface area contributed by atoms with Crippen molar-refractivity contribution in [3.05, 3.63) is 70.6 Å². The Morgan fingerprint density at radius 1 is 1.16 bits per heavy atom. The number of halogens is 2. The zero-order chi connectivity index (χ0) is 32.3. The fourth-order valence-electron chi connectivity index (χ4n) is 5.81. The van der Waals surface area contributed by atoms with Crippen LogP contribution in [0.4, 0.5) is 31.0 Å². The Kier molecular flexibility index (Phi) is 9.24. The first-order chi connectivity index (χ1) is 21.5. The highest BCUT2D eigenvalue weighted by molar-refractivity contribution is 6.31. The van der Waals surface area contributed by atoms with Gasteiger partial charge in [-0.05, 0) is 74.7 Å². The van der Waals surface area contributed by atoms with Crippen LogP contribution in [0.5, 0.6) is 0 Å². The van der Waals surface area contributed by atoms with Crippen LogP contribution in [0, 0.1) is 5.82 Å². The average molecular weight is 638 g/mol. The van der Waals surface area contributed by atoms with Gasteiger partial charge < -0.3 is 19.7 Å². The van der Waals surface area contributed by atoms with Crippen molar-refractivity contribution in [3.8, 4) is 11.3 Å². The van der Waals surface area contributed by atoms with E-state index in [-0.39, 0.29) is 47.6 Å². The lowest BCUT2D eigenvalue weighted by Gasteiger charge is -2.40. The Morgan fingerprint density at radius 3 is 2.71 bits per heavy atom. The van der Waals surface area contributed by atoms with E-state index in [1.807, 2.05) is 0 Å². The Bertz CT molecular complexity index is 1670. The Hall–Kier alpha value is -4.71. The van der Waals surface area contributed by atoms with Crippen molar-refractivity contribution >= 4 is 52.7 Å². The molecule has 0 saturated carbocycles. The first-order valence-corrected chi connectivity index (χ1v) is 14.9. The molecular formula is C32H33ClFN5O6. The van der Waals surface area contributed by atoms with Crippen LogP contribution in [0.3, 0.4) is 0 Å². The third kappa shape index (κ3) is 6.70. The molecule has 3 aromatic rings. The molecule has 3 N–H and O–H groups in total. The smallest absolute Gasteiger partial charge is 0.412 e. The minimum atomic E-state index is -1.51. The molecule has 0 saturated heterocycles. The van der Waals surface area contributed by atoms with E-state index in [1.54, 1.807) is 55.3 Å². The quantitative estimate of drug-likeness (QED) is 0.285. The van der Waals surface area contributed by atoms with Crippen LogP contribution in [0.25, 0.3) is 11.3 Å². The number of hydrogen-bond acceptors (Lipinski definition) is 7. The number of aromatic nitrogens is 1. The van der Waals surface area contributed by atoms with Crippen molar-refractivity contribution in [3.63, 3.8) is 0 Å². The lowest BCUT2D eigenvalue weighted by atomic mass is 9.88. The SMILES string of the molecule is CCN(C[C@]1(C)OC(=O)Nc2ccc(Cl)c(F)c21)C(=O)[C@H]1CCCCC(=O)Nc2cc(NC(=O)OC)ccc2-c2cc1ccn2. The summed E-state index contributed by atoms with van der Waals surface area (Å²) in [6.45, 7) is 3.50. The molecule has 0 aliphatic carbocycles. The molecular weight excluding hydrogens is 605 g/mol. The predicted molar refractivity (Wildman–Crippen MR) is 167 cm³/mol. The standard InChI is InChI=1S/C32H33ClFN5O6/c1-4-39(17-32(2)27-23(38-31(43)45-32)12-11-22(33)28(27)34)29(41)20-7-5-6-8-26(40)37-25-16-19(36-30(42)44-3)9-10-21(25)24-15-18(20)13-14-35-24/h9-16,20H,4-8,17H2,1-3H3,(H,36,42)(H,37,40)(H,38,43)/t20-,32-/m0/s1. The molecule has 11 nitrogen and oxygen atoms in total. The van der Waals surface area contributed by atoms with Gasteiger partial charge in [-0.3, -0.25) is 25.2 Å². The topological polar surface area (TPSA) is 139 Å². The number of fused-ring (bicyclic) bond motifs is 5. The number of nitrogens with one attached hydrogen (secondary N) is 3. The van der Waals surface area contributed by atoms with Gasteiger partial charge in [0.1, 0.15) is 0 Å². The average Bonchev–Trinajstić information content (AvgIpc) is 3.00. The normalized spacial score (nSPS) is 19.3. The number of anilines is 3. The van der Waals surface area contributed by atoms with Crippen LogP contribution in [0.2, 0.25) is 5.02 Å². The van der Waals surface area contributed by atoms with Crippen molar-refractivity contribution in [1.29, 1.82) is 0 Å². The van der Waals surface area contributed by atoms with Gasteiger partial charge in [0.2, 0.25) is 11.8 Å². The van der Waals surface area contributed by atoms with Crippen LogP contribution in [-0.4, -0.2) is 54.1 Å². The second-order valence-electron chi connectivity index (χ2n) is 11.1. The molecule has 5 rings (SSSR count). The van der Waals surface area contributed by atoms with Gasteiger partial charge in [0.15, 0.2) is 11.4 Å². The molecule has 2 aliphatic heterocycles. The van der Waals surface area contributed by atoms with E-state index in [2.05, 4.69) is 25.7 Å². The van der Waals surface area contributed by atoms with Gasteiger partial charge >= 0.3 is 12.2 Å². The number of nitrogens with zero attached hydrogens (tertiary/aromatic N) is 2. The first kappa shape index (κ1) is 31.7. The number of methoxy groups -OCH3 is 1. The fraction of sp³-hybridized carbons (Fsp3) is 0.344. The van der Waals surface area contributed by atoms with Gasteiger partial charge in [0.05, 0.1) is 47.2 Å². The molecule has 2 aliphatic rings. The molecule has 0 spiro atoms. The van der Waals surface area contributed by atoms with E-state index >= 15 is 4.39 Å². The zero-order valence-electron chi connectivity index (χ0n) is 25.0. The highest BCUT2D eigenvalue weighted by Gasteiger charge is 2.44. The van der Waals surface area contributed by atoms with Crippen LogP contribution < -0.4 is 16.0 Å². The van der Waals surface area contributed by atoms with Gasteiger partial charge in [-0.2, -0.15) is 0 Å². The molecule has 45 heavy (non-hydrogen) atoms. The molecule has 1 aromatic heterocycles. The van der Waals surface area contributed by atoms with E-state index < -0.39 is 29.5 Å². The molecule has 13 heteroatoms. The summed E-state index contributed by atoms with van der Waals surface area (Å²) < 4.78 is 25.6. The molecule has 4 amide bonds. The monoisotopic (exact) mass is 637 g/mol. The first-order valence-electron chi connectivity index (χ1n) is 14.6. The van der Waals surface area contributed by atoms with Crippen LogP contribution in [-0.2, 0) is 24.7 Å². The van der Waals surface area contributed by atoms with Gasteiger partial charge in [-0.1, -0.05) is 18.0 Å². The summed E-state index contributed by atoms with van der Waals surface area (Å²) in [5.41, 5.74) is 1.46. The number of rotatable bonds is 5. The number of likely N-dealkylation sites (N-methyl/N-ethyl adjacent to an activating group) is 1. The van der Waals surface area contributed by atoms with E-state index in [4.69, 9.17) is 16.3 Å². The minimum absolute atomic E-state index is 0.0643. The highest BCUT2D eigenvalue weighted by atomic mass is 35.5. The summed E-state index contributed by atoms with van der Waals surface area (Å²) in [6.07, 6.45) is 1.93. The number of hydrogen-bond donors (Lipinski definition) is 3.